The third kappa shape index (κ3) is 3.47. The quantitative estimate of drug-likeness (QED) is 0.719. The highest BCUT2D eigenvalue weighted by molar-refractivity contribution is 5.76. The Morgan fingerprint density at radius 1 is 1.09 bits per heavy atom. The van der Waals surface area contributed by atoms with Gasteiger partial charge in [-0.1, -0.05) is 0 Å². The van der Waals surface area contributed by atoms with Gasteiger partial charge < -0.3 is 14.5 Å². The van der Waals surface area contributed by atoms with E-state index < -0.39 is 11.9 Å². The molecule has 6 rings (SSSR count). The molecule has 2 aromatic rings. The molecule has 2 aliphatic heterocycles. The second-order valence-corrected chi connectivity index (χ2v) is 9.58. The maximum Gasteiger partial charge on any atom is 0.433 e. The lowest BCUT2D eigenvalue weighted by Crippen LogP contribution is -2.69. The van der Waals surface area contributed by atoms with Gasteiger partial charge >= 0.3 is 12.2 Å². The molecule has 0 aromatic carbocycles. The van der Waals surface area contributed by atoms with Crippen LogP contribution in [0.15, 0.2) is 24.7 Å². The molecule has 4 aliphatic rings. The number of pyridine rings is 1. The molecule has 0 N–H and O–H groups in total. The number of urea groups is 1. The Bertz CT molecular complexity index is 1010. The van der Waals surface area contributed by atoms with Crippen molar-refractivity contribution >= 4 is 6.03 Å². The van der Waals surface area contributed by atoms with Crippen LogP contribution in [0.4, 0.5) is 18.0 Å². The first-order valence-corrected chi connectivity index (χ1v) is 10.9. The molecule has 170 valence electrons. The summed E-state index contributed by atoms with van der Waals surface area (Å²) in [6, 6.07) is 2.54. The fraction of sp³-hybridized carbons (Fsp3) is 0.619. The van der Waals surface area contributed by atoms with Gasteiger partial charge in [0.1, 0.15) is 23.9 Å². The summed E-state index contributed by atoms with van der Waals surface area (Å²) in [4.78, 5) is 24.0. The number of carbonyl (C=O) groups is 1. The van der Waals surface area contributed by atoms with Crippen molar-refractivity contribution in [2.75, 3.05) is 26.2 Å². The zero-order valence-electron chi connectivity index (χ0n) is 17.3. The Hall–Kier alpha value is -2.85. The Morgan fingerprint density at radius 2 is 1.84 bits per heavy atom. The van der Waals surface area contributed by atoms with Crippen LogP contribution in [-0.2, 0) is 6.18 Å². The minimum atomic E-state index is -4.47. The average molecular weight is 448 g/mol. The summed E-state index contributed by atoms with van der Waals surface area (Å²) >= 11 is 0. The van der Waals surface area contributed by atoms with E-state index in [9.17, 15) is 18.0 Å². The van der Waals surface area contributed by atoms with Crippen LogP contribution in [-0.4, -0.2) is 67.9 Å². The minimum Gasteiger partial charge on any atom is -0.485 e. The van der Waals surface area contributed by atoms with Crippen molar-refractivity contribution < 1.29 is 22.7 Å². The minimum absolute atomic E-state index is 0.00115. The van der Waals surface area contributed by atoms with E-state index in [1.807, 2.05) is 15.9 Å². The molecule has 0 bridgehead atoms. The highest BCUT2D eigenvalue weighted by Crippen LogP contribution is 2.54. The number of halogens is 3. The zero-order chi connectivity index (χ0) is 22.1. The van der Waals surface area contributed by atoms with E-state index in [1.54, 1.807) is 4.90 Å². The number of ether oxygens (including phenoxy) is 1. The van der Waals surface area contributed by atoms with Crippen molar-refractivity contribution in [2.45, 2.75) is 49.9 Å². The maximum atomic E-state index is 12.7. The lowest BCUT2D eigenvalue weighted by atomic mass is 9.61. The number of nitrogens with zero attached hydrogens (tertiary/aromatic N) is 6. The normalized spacial score (nSPS) is 23.0. The van der Waals surface area contributed by atoms with Gasteiger partial charge in [0.25, 0.3) is 0 Å². The molecule has 2 amide bonds. The number of aromatic nitrogens is 4. The summed E-state index contributed by atoms with van der Waals surface area (Å²) in [6.45, 7) is 2.37. The number of hydrogen-bond acceptors (Lipinski definition) is 5. The molecular weight excluding hydrogens is 425 g/mol. The van der Waals surface area contributed by atoms with Gasteiger partial charge in [0.2, 0.25) is 0 Å². The van der Waals surface area contributed by atoms with Crippen LogP contribution in [0.25, 0.3) is 0 Å². The molecule has 2 aliphatic carbocycles. The summed E-state index contributed by atoms with van der Waals surface area (Å²) in [5, 5.41) is 4.63. The van der Waals surface area contributed by atoms with Gasteiger partial charge in [-0.2, -0.15) is 18.3 Å². The van der Waals surface area contributed by atoms with E-state index in [1.165, 1.54) is 18.9 Å². The predicted molar refractivity (Wildman–Crippen MR) is 105 cm³/mol. The molecule has 0 unspecified atom stereocenters. The van der Waals surface area contributed by atoms with Gasteiger partial charge in [-0.05, 0) is 37.8 Å². The topological polar surface area (TPSA) is 76.4 Å². The van der Waals surface area contributed by atoms with Gasteiger partial charge in [-0.25, -0.2) is 19.4 Å². The summed E-state index contributed by atoms with van der Waals surface area (Å²) in [5.74, 6) is 1.80. The van der Waals surface area contributed by atoms with Gasteiger partial charge in [0, 0.05) is 24.4 Å². The SMILES string of the molecule is O=C(N1CC(Oc2ccc(C(F)(F)F)nc2)C1)N1CC2(CC(n3cnc(C4CC4)n3)C2)C1. The second-order valence-electron chi connectivity index (χ2n) is 9.58. The third-order valence-corrected chi connectivity index (χ3v) is 6.95. The van der Waals surface area contributed by atoms with Gasteiger partial charge in [-0.3, -0.25) is 0 Å². The monoisotopic (exact) mass is 448 g/mol. The van der Waals surface area contributed by atoms with Crippen molar-refractivity contribution in [2.24, 2.45) is 5.41 Å². The maximum absolute atomic E-state index is 12.7. The Balaban J connectivity index is 0.939. The van der Waals surface area contributed by atoms with E-state index in [-0.39, 0.29) is 23.3 Å². The second kappa shape index (κ2) is 6.82. The number of amides is 2. The number of carbonyl (C=O) groups excluding carboxylic acids is 1. The third-order valence-electron chi connectivity index (χ3n) is 6.95. The van der Waals surface area contributed by atoms with Crippen LogP contribution in [0, 0.1) is 5.41 Å². The lowest BCUT2D eigenvalue weighted by molar-refractivity contribution is -0.141. The molecule has 11 heteroatoms. The molecule has 4 fully saturated rings. The van der Waals surface area contributed by atoms with Gasteiger partial charge in [0.15, 0.2) is 5.82 Å². The molecule has 2 saturated carbocycles. The van der Waals surface area contributed by atoms with E-state index in [0.29, 0.717) is 25.0 Å². The highest BCUT2D eigenvalue weighted by atomic mass is 19.4. The van der Waals surface area contributed by atoms with Crippen LogP contribution in [0.5, 0.6) is 5.75 Å². The summed E-state index contributed by atoms with van der Waals surface area (Å²) in [7, 11) is 0. The molecule has 0 atom stereocenters. The van der Waals surface area contributed by atoms with Crippen molar-refractivity contribution in [1.29, 1.82) is 0 Å². The van der Waals surface area contributed by atoms with Gasteiger partial charge in [0.05, 0.1) is 25.3 Å². The first-order chi connectivity index (χ1) is 15.3. The first-order valence-electron chi connectivity index (χ1n) is 10.9. The molecule has 32 heavy (non-hydrogen) atoms. The van der Waals surface area contributed by atoms with E-state index in [0.717, 1.165) is 44.0 Å². The fourth-order valence-corrected chi connectivity index (χ4v) is 4.96. The molecule has 8 nitrogen and oxygen atoms in total. The molecule has 4 heterocycles. The number of hydrogen-bond donors (Lipinski definition) is 0. The Labute approximate surface area is 182 Å². The van der Waals surface area contributed by atoms with Crippen LogP contribution >= 0.6 is 0 Å². The van der Waals surface area contributed by atoms with Crippen LogP contribution in [0.1, 0.15) is 49.2 Å². The molecule has 2 aromatic heterocycles. The van der Waals surface area contributed by atoms with Gasteiger partial charge in [-0.15, -0.1) is 0 Å². The fourth-order valence-electron chi connectivity index (χ4n) is 4.96. The van der Waals surface area contributed by atoms with Crippen molar-refractivity contribution in [3.05, 3.63) is 36.2 Å². The number of likely N-dealkylation sites (tertiary alicyclic amines) is 2. The van der Waals surface area contributed by atoms with E-state index >= 15 is 0 Å². The van der Waals surface area contributed by atoms with Crippen LogP contribution < -0.4 is 4.74 Å². The Morgan fingerprint density at radius 3 is 2.47 bits per heavy atom. The average Bonchev–Trinajstić information content (AvgIpc) is 3.40. The predicted octanol–water partition coefficient (Wildman–Crippen LogP) is 3.09. The van der Waals surface area contributed by atoms with Crippen molar-refractivity contribution in [3.63, 3.8) is 0 Å². The van der Waals surface area contributed by atoms with Crippen LogP contribution in [0.2, 0.25) is 0 Å². The molecule has 1 spiro atoms. The van der Waals surface area contributed by atoms with E-state index in [4.69, 9.17) is 4.74 Å². The molecule has 0 radical (unpaired) electrons. The van der Waals surface area contributed by atoms with Crippen molar-refractivity contribution in [1.82, 2.24) is 29.5 Å². The van der Waals surface area contributed by atoms with E-state index in [2.05, 4.69) is 15.1 Å². The largest absolute Gasteiger partial charge is 0.485 e. The highest BCUT2D eigenvalue weighted by Gasteiger charge is 2.55. The number of alkyl halides is 3. The van der Waals surface area contributed by atoms with Crippen molar-refractivity contribution in [3.8, 4) is 5.75 Å². The zero-order valence-corrected chi connectivity index (χ0v) is 17.3. The smallest absolute Gasteiger partial charge is 0.433 e. The standard InChI is InChI=1S/C21H23F3N6O2/c22-21(23,24)17-4-3-15(7-25-17)32-16-8-28(9-16)19(31)29-10-20(11-29)5-14(6-20)30-12-26-18(27-30)13-1-2-13/h3-4,7,12-14,16H,1-2,5-6,8-11H2. The summed E-state index contributed by atoms with van der Waals surface area (Å²) in [6.07, 6.45) is 2.66. The lowest BCUT2D eigenvalue weighted by Gasteiger charge is -2.59. The summed E-state index contributed by atoms with van der Waals surface area (Å²) < 4.78 is 45.4. The molecular formula is C21H23F3N6O2. The number of rotatable bonds is 4. The summed E-state index contributed by atoms with van der Waals surface area (Å²) in [5.41, 5.74) is -0.744. The van der Waals surface area contributed by atoms with Crippen LogP contribution in [0.3, 0.4) is 0 Å². The Kier molecular flexibility index (Phi) is 4.22. The first kappa shape index (κ1) is 19.8. The molecule has 2 saturated heterocycles.